The zero-order chi connectivity index (χ0) is 14.7. The monoisotopic (exact) mass is 296 g/mol. The Morgan fingerprint density at radius 1 is 0.762 bits per heavy atom. The van der Waals surface area contributed by atoms with Crippen LogP contribution in [0.15, 0.2) is 70.5 Å². The molecule has 0 heterocycles. The summed E-state index contributed by atoms with van der Waals surface area (Å²) in [5, 5.41) is 2.13. The highest BCUT2D eigenvalue weighted by molar-refractivity contribution is 7.99. The molecule has 0 bridgehead atoms. The van der Waals surface area contributed by atoms with Gasteiger partial charge in [-0.05, 0) is 18.2 Å². The summed E-state index contributed by atoms with van der Waals surface area (Å²) in [5.41, 5.74) is 0. The molecule has 0 amide bonds. The van der Waals surface area contributed by atoms with Crippen molar-refractivity contribution in [3.8, 4) is 11.5 Å². The first-order valence-electron chi connectivity index (χ1n) is 6.70. The zero-order valence-electron chi connectivity index (χ0n) is 12.0. The second-order valence-corrected chi connectivity index (χ2v) is 5.69. The van der Waals surface area contributed by atoms with Gasteiger partial charge in [-0.3, -0.25) is 0 Å². The number of rotatable bonds is 4. The predicted molar refractivity (Wildman–Crippen MR) is 87.6 cm³/mol. The second-order valence-electron chi connectivity index (χ2n) is 4.57. The minimum Gasteiger partial charge on any atom is -0.496 e. The summed E-state index contributed by atoms with van der Waals surface area (Å²) in [4.78, 5) is 2.23. The summed E-state index contributed by atoms with van der Waals surface area (Å²) < 4.78 is 11.2. The van der Waals surface area contributed by atoms with E-state index in [0.717, 1.165) is 27.2 Å². The van der Waals surface area contributed by atoms with Crippen LogP contribution in [0.4, 0.5) is 0 Å². The zero-order valence-corrected chi connectivity index (χ0v) is 12.8. The van der Waals surface area contributed by atoms with E-state index in [4.69, 9.17) is 9.47 Å². The minimum absolute atomic E-state index is 0.866. The van der Waals surface area contributed by atoms with Crippen molar-refractivity contribution < 1.29 is 9.47 Å². The topological polar surface area (TPSA) is 18.5 Å². The van der Waals surface area contributed by atoms with Crippen molar-refractivity contribution in [3.05, 3.63) is 60.7 Å². The molecule has 0 radical (unpaired) electrons. The quantitative estimate of drug-likeness (QED) is 0.674. The number of hydrogen-bond donors (Lipinski definition) is 0. The number of ether oxygens (including phenoxy) is 2. The number of benzene rings is 3. The molecule has 3 rings (SSSR count). The fourth-order valence-corrected chi connectivity index (χ4v) is 3.36. The van der Waals surface area contributed by atoms with Gasteiger partial charge in [-0.2, -0.15) is 0 Å². The van der Waals surface area contributed by atoms with Crippen LogP contribution in [0, 0.1) is 0 Å². The average Bonchev–Trinajstić information content (AvgIpc) is 2.55. The summed E-state index contributed by atoms with van der Waals surface area (Å²) in [7, 11) is 3.41. The molecule has 0 aliphatic heterocycles. The molecule has 0 aliphatic carbocycles. The maximum atomic E-state index is 5.65. The lowest BCUT2D eigenvalue weighted by atomic mass is 10.1. The number of fused-ring (bicyclic) bond motifs is 1. The lowest BCUT2D eigenvalue weighted by molar-refractivity contribution is 0.401. The maximum Gasteiger partial charge on any atom is 0.140 e. The molecule has 0 unspecified atom stereocenters. The first-order chi connectivity index (χ1) is 10.3. The van der Waals surface area contributed by atoms with E-state index in [1.807, 2.05) is 42.5 Å². The molecule has 0 atom stereocenters. The summed E-state index contributed by atoms with van der Waals surface area (Å²) >= 11 is 1.68. The van der Waals surface area contributed by atoms with Gasteiger partial charge < -0.3 is 9.47 Å². The normalized spacial score (nSPS) is 10.6. The third kappa shape index (κ3) is 2.69. The fraction of sp³-hybridized carbons (Fsp3) is 0.111. The number of methoxy groups -OCH3 is 2. The summed E-state index contributed by atoms with van der Waals surface area (Å²) in [5.74, 6) is 1.75. The Balaban J connectivity index is 2.17. The smallest absolute Gasteiger partial charge is 0.140 e. The lowest BCUT2D eigenvalue weighted by Crippen LogP contribution is -1.92. The Bertz CT molecular complexity index is 754. The van der Waals surface area contributed by atoms with E-state index in [9.17, 15) is 0 Å². The molecule has 3 aromatic rings. The summed E-state index contributed by atoms with van der Waals surface area (Å²) in [6.07, 6.45) is 0. The molecule has 0 saturated heterocycles. The van der Waals surface area contributed by atoms with Crippen LogP contribution in [-0.2, 0) is 0 Å². The lowest BCUT2D eigenvalue weighted by Gasteiger charge is -2.14. The summed E-state index contributed by atoms with van der Waals surface area (Å²) in [6, 6.07) is 20.4. The van der Waals surface area contributed by atoms with Gasteiger partial charge in [0.1, 0.15) is 11.5 Å². The van der Waals surface area contributed by atoms with Gasteiger partial charge in [-0.1, -0.05) is 54.2 Å². The molecule has 0 spiro atoms. The van der Waals surface area contributed by atoms with Crippen LogP contribution in [0.5, 0.6) is 11.5 Å². The van der Waals surface area contributed by atoms with Crippen LogP contribution in [-0.4, -0.2) is 14.2 Å². The second kappa shape index (κ2) is 6.10. The van der Waals surface area contributed by atoms with Gasteiger partial charge in [-0.25, -0.2) is 0 Å². The van der Waals surface area contributed by atoms with Crippen molar-refractivity contribution in [2.45, 2.75) is 9.79 Å². The van der Waals surface area contributed by atoms with E-state index in [1.54, 1.807) is 26.0 Å². The molecule has 21 heavy (non-hydrogen) atoms. The predicted octanol–water partition coefficient (Wildman–Crippen LogP) is 5.01. The fourth-order valence-electron chi connectivity index (χ4n) is 2.36. The highest BCUT2D eigenvalue weighted by Crippen LogP contribution is 2.43. The molecular weight excluding hydrogens is 280 g/mol. The van der Waals surface area contributed by atoms with E-state index < -0.39 is 0 Å². The van der Waals surface area contributed by atoms with E-state index in [-0.39, 0.29) is 0 Å². The Kier molecular flexibility index (Phi) is 4.02. The highest BCUT2D eigenvalue weighted by Gasteiger charge is 2.14. The van der Waals surface area contributed by atoms with Crippen molar-refractivity contribution >= 4 is 22.5 Å². The molecule has 0 fully saturated rings. The first-order valence-corrected chi connectivity index (χ1v) is 7.51. The molecule has 106 valence electrons. The minimum atomic E-state index is 0.866. The maximum absolute atomic E-state index is 5.65. The SMILES string of the molecule is COc1cc(Sc2ccccc2)c(OC)c2ccccc12. The average molecular weight is 296 g/mol. The van der Waals surface area contributed by atoms with Crippen molar-refractivity contribution in [2.75, 3.05) is 14.2 Å². The first kappa shape index (κ1) is 13.8. The molecule has 2 nitrogen and oxygen atoms in total. The van der Waals surface area contributed by atoms with Crippen LogP contribution in [0.2, 0.25) is 0 Å². The molecule has 0 aromatic heterocycles. The van der Waals surface area contributed by atoms with Crippen LogP contribution < -0.4 is 9.47 Å². The van der Waals surface area contributed by atoms with Crippen molar-refractivity contribution in [1.82, 2.24) is 0 Å². The van der Waals surface area contributed by atoms with Crippen molar-refractivity contribution in [3.63, 3.8) is 0 Å². The van der Waals surface area contributed by atoms with Gasteiger partial charge in [0, 0.05) is 15.7 Å². The van der Waals surface area contributed by atoms with E-state index >= 15 is 0 Å². The Morgan fingerprint density at radius 3 is 2.10 bits per heavy atom. The van der Waals surface area contributed by atoms with Gasteiger partial charge in [0.25, 0.3) is 0 Å². The number of hydrogen-bond acceptors (Lipinski definition) is 3. The standard InChI is InChI=1S/C18H16O2S/c1-19-16-12-17(21-13-8-4-3-5-9-13)18(20-2)15-11-7-6-10-14(15)16/h3-12H,1-2H3. The molecule has 3 heteroatoms. The largest absolute Gasteiger partial charge is 0.496 e. The van der Waals surface area contributed by atoms with Gasteiger partial charge in [0.15, 0.2) is 0 Å². The van der Waals surface area contributed by atoms with Gasteiger partial charge >= 0.3 is 0 Å². The van der Waals surface area contributed by atoms with Gasteiger partial charge in [0.05, 0.1) is 19.1 Å². The van der Waals surface area contributed by atoms with Crippen LogP contribution in [0.25, 0.3) is 10.8 Å². The third-order valence-electron chi connectivity index (χ3n) is 3.32. The Morgan fingerprint density at radius 2 is 1.43 bits per heavy atom. The highest BCUT2D eigenvalue weighted by atomic mass is 32.2. The van der Waals surface area contributed by atoms with Crippen LogP contribution >= 0.6 is 11.8 Å². The van der Waals surface area contributed by atoms with E-state index in [2.05, 4.69) is 18.2 Å². The molecular formula is C18H16O2S. The summed E-state index contributed by atoms with van der Waals surface area (Å²) in [6.45, 7) is 0. The molecule has 3 aromatic carbocycles. The van der Waals surface area contributed by atoms with Crippen LogP contribution in [0.1, 0.15) is 0 Å². The Labute approximate surface area is 128 Å². The van der Waals surface area contributed by atoms with E-state index in [1.165, 1.54) is 4.90 Å². The Hall–Kier alpha value is -2.13. The third-order valence-corrected chi connectivity index (χ3v) is 4.35. The van der Waals surface area contributed by atoms with Crippen molar-refractivity contribution in [1.29, 1.82) is 0 Å². The molecule has 0 aliphatic rings. The van der Waals surface area contributed by atoms with Crippen molar-refractivity contribution in [2.24, 2.45) is 0 Å². The van der Waals surface area contributed by atoms with Gasteiger partial charge in [0.2, 0.25) is 0 Å². The van der Waals surface area contributed by atoms with E-state index in [0.29, 0.717) is 0 Å². The molecule has 0 saturated carbocycles. The van der Waals surface area contributed by atoms with Crippen LogP contribution in [0.3, 0.4) is 0 Å². The molecule has 0 N–H and O–H groups in total. The van der Waals surface area contributed by atoms with Gasteiger partial charge in [-0.15, -0.1) is 0 Å².